The molecule has 0 aliphatic rings. The van der Waals surface area contributed by atoms with E-state index >= 15 is 0 Å². The van der Waals surface area contributed by atoms with Crippen molar-refractivity contribution in [2.24, 2.45) is 5.92 Å². The van der Waals surface area contributed by atoms with Crippen LogP contribution in [0, 0.1) is 12.8 Å². The second-order valence-electron chi connectivity index (χ2n) is 6.30. The van der Waals surface area contributed by atoms with Gasteiger partial charge in [0.05, 0.1) is 22.0 Å². The quantitative estimate of drug-likeness (QED) is 0.744. The van der Waals surface area contributed by atoms with E-state index in [1.165, 1.54) is 0 Å². The Morgan fingerprint density at radius 2 is 1.71 bits per heavy atom. The van der Waals surface area contributed by atoms with Crippen LogP contribution in [0.5, 0.6) is 0 Å². The smallest absolute Gasteiger partial charge is 0.241 e. The predicted octanol–water partition coefficient (Wildman–Crippen LogP) is 3.55. The van der Waals surface area contributed by atoms with Gasteiger partial charge < -0.3 is 4.98 Å². The van der Waals surface area contributed by atoms with Gasteiger partial charge in [-0.05, 0) is 37.1 Å². The monoisotopic (exact) mass is 343 g/mol. The van der Waals surface area contributed by atoms with Gasteiger partial charge in [0.2, 0.25) is 10.0 Å². The summed E-state index contributed by atoms with van der Waals surface area (Å²) in [5.74, 6) is 0.674. The number of aryl methyl sites for hydroxylation is 1. The number of para-hydroxylation sites is 2. The molecule has 0 spiro atoms. The van der Waals surface area contributed by atoms with Gasteiger partial charge in [-0.25, -0.2) is 18.1 Å². The lowest BCUT2D eigenvalue weighted by Gasteiger charge is -2.20. The number of fused-ring (bicyclic) bond motifs is 1. The molecule has 0 amide bonds. The Bertz CT molecular complexity index is 911. The zero-order chi connectivity index (χ0) is 17.3. The summed E-state index contributed by atoms with van der Waals surface area (Å²) in [5.41, 5.74) is 2.74. The molecule has 0 aliphatic heterocycles. The summed E-state index contributed by atoms with van der Waals surface area (Å²) >= 11 is 0. The number of H-pyrrole nitrogens is 1. The Labute approximate surface area is 142 Å². The van der Waals surface area contributed by atoms with Crippen LogP contribution in [-0.2, 0) is 10.0 Å². The minimum absolute atomic E-state index is 0.0470. The SMILES string of the molecule is Cc1ccc(S(=O)(=O)N[C@@H](c2nc3ccccc3[nH]2)C(C)C)cc1. The number of nitrogens with zero attached hydrogens (tertiary/aromatic N) is 1. The lowest BCUT2D eigenvalue weighted by Crippen LogP contribution is -2.32. The molecule has 0 bridgehead atoms. The van der Waals surface area contributed by atoms with E-state index < -0.39 is 16.1 Å². The Morgan fingerprint density at radius 1 is 1.04 bits per heavy atom. The van der Waals surface area contributed by atoms with Crippen LogP contribution in [0.3, 0.4) is 0 Å². The third-order valence-electron chi connectivity index (χ3n) is 3.98. The molecule has 6 heteroatoms. The Kier molecular flexibility index (Phi) is 4.43. The summed E-state index contributed by atoms with van der Waals surface area (Å²) in [4.78, 5) is 8.02. The maximum absolute atomic E-state index is 12.7. The lowest BCUT2D eigenvalue weighted by atomic mass is 10.1. The molecule has 3 rings (SSSR count). The number of hydrogen-bond donors (Lipinski definition) is 2. The standard InChI is InChI=1S/C18H21N3O2S/c1-12(2)17(18-19-15-6-4-5-7-16(15)20-18)21-24(22,23)14-10-8-13(3)9-11-14/h4-12,17,21H,1-3H3,(H,19,20)/t17-/m1/s1. The van der Waals surface area contributed by atoms with E-state index in [2.05, 4.69) is 14.7 Å². The van der Waals surface area contributed by atoms with Gasteiger partial charge in [-0.1, -0.05) is 43.7 Å². The van der Waals surface area contributed by atoms with Crippen LogP contribution in [0.2, 0.25) is 0 Å². The maximum Gasteiger partial charge on any atom is 0.241 e. The van der Waals surface area contributed by atoms with Crippen LogP contribution < -0.4 is 4.72 Å². The Morgan fingerprint density at radius 3 is 2.33 bits per heavy atom. The second kappa shape index (κ2) is 6.37. The van der Waals surface area contributed by atoms with Crippen LogP contribution in [0.1, 0.15) is 31.3 Å². The highest BCUT2D eigenvalue weighted by atomic mass is 32.2. The van der Waals surface area contributed by atoms with Gasteiger partial charge in [-0.15, -0.1) is 0 Å². The average Bonchev–Trinajstić information content (AvgIpc) is 2.96. The van der Waals surface area contributed by atoms with Gasteiger partial charge in [-0.3, -0.25) is 0 Å². The fourth-order valence-electron chi connectivity index (χ4n) is 2.58. The molecule has 1 atom stereocenters. The zero-order valence-corrected chi connectivity index (χ0v) is 14.8. The average molecular weight is 343 g/mol. The minimum Gasteiger partial charge on any atom is -0.341 e. The highest BCUT2D eigenvalue weighted by Crippen LogP contribution is 2.24. The summed E-state index contributed by atoms with van der Waals surface area (Å²) in [6.45, 7) is 5.86. The molecule has 0 saturated carbocycles. The third-order valence-corrected chi connectivity index (χ3v) is 5.44. The fraction of sp³-hybridized carbons (Fsp3) is 0.278. The van der Waals surface area contributed by atoms with Crippen molar-refractivity contribution >= 4 is 21.1 Å². The van der Waals surface area contributed by atoms with Crippen molar-refractivity contribution in [1.82, 2.24) is 14.7 Å². The van der Waals surface area contributed by atoms with E-state index in [1.807, 2.05) is 45.0 Å². The highest BCUT2D eigenvalue weighted by molar-refractivity contribution is 7.89. The first-order valence-corrected chi connectivity index (χ1v) is 9.39. The van der Waals surface area contributed by atoms with E-state index in [4.69, 9.17) is 0 Å². The van der Waals surface area contributed by atoms with Gasteiger partial charge in [0.1, 0.15) is 5.82 Å². The summed E-state index contributed by atoms with van der Waals surface area (Å²) in [6.07, 6.45) is 0. The normalized spacial score (nSPS) is 13.5. The van der Waals surface area contributed by atoms with Gasteiger partial charge in [0.25, 0.3) is 0 Å². The summed E-state index contributed by atoms with van der Waals surface area (Å²) in [5, 5.41) is 0. The van der Waals surface area contributed by atoms with Crippen molar-refractivity contribution in [3.63, 3.8) is 0 Å². The number of rotatable bonds is 5. The topological polar surface area (TPSA) is 74.8 Å². The van der Waals surface area contributed by atoms with Crippen molar-refractivity contribution in [1.29, 1.82) is 0 Å². The summed E-state index contributed by atoms with van der Waals surface area (Å²) in [7, 11) is -3.62. The second-order valence-corrected chi connectivity index (χ2v) is 8.01. The maximum atomic E-state index is 12.7. The van der Waals surface area contributed by atoms with Crippen LogP contribution >= 0.6 is 0 Å². The molecule has 2 aromatic carbocycles. The summed E-state index contributed by atoms with van der Waals surface area (Å²) < 4.78 is 28.2. The van der Waals surface area contributed by atoms with Gasteiger partial charge in [-0.2, -0.15) is 0 Å². The van der Waals surface area contributed by atoms with Gasteiger partial charge >= 0.3 is 0 Å². The first-order valence-electron chi connectivity index (χ1n) is 7.90. The van der Waals surface area contributed by atoms with Crippen LogP contribution in [0.4, 0.5) is 0 Å². The Hall–Kier alpha value is -2.18. The molecule has 1 heterocycles. The zero-order valence-electron chi connectivity index (χ0n) is 13.9. The van der Waals surface area contributed by atoms with E-state index in [1.54, 1.807) is 24.3 Å². The third kappa shape index (κ3) is 3.34. The first kappa shape index (κ1) is 16.7. The molecule has 0 radical (unpaired) electrons. The first-order chi connectivity index (χ1) is 11.4. The molecule has 0 aliphatic carbocycles. The van der Waals surface area contributed by atoms with E-state index in [-0.39, 0.29) is 10.8 Å². The number of hydrogen-bond acceptors (Lipinski definition) is 3. The molecule has 3 aromatic rings. The van der Waals surface area contributed by atoms with Crippen molar-refractivity contribution in [3.8, 4) is 0 Å². The molecule has 2 N–H and O–H groups in total. The van der Waals surface area contributed by atoms with Crippen LogP contribution in [-0.4, -0.2) is 18.4 Å². The van der Waals surface area contributed by atoms with Gasteiger partial charge in [0.15, 0.2) is 0 Å². The summed E-state index contributed by atoms with van der Waals surface area (Å²) in [6, 6.07) is 14.1. The number of nitrogens with one attached hydrogen (secondary N) is 2. The molecule has 126 valence electrons. The molecule has 0 fully saturated rings. The molecule has 5 nitrogen and oxygen atoms in total. The molecule has 24 heavy (non-hydrogen) atoms. The van der Waals surface area contributed by atoms with Crippen molar-refractivity contribution in [2.75, 3.05) is 0 Å². The number of aromatic amines is 1. The van der Waals surface area contributed by atoms with E-state index in [0.717, 1.165) is 16.6 Å². The largest absolute Gasteiger partial charge is 0.341 e. The van der Waals surface area contributed by atoms with E-state index in [0.29, 0.717) is 5.82 Å². The van der Waals surface area contributed by atoms with Crippen LogP contribution in [0.25, 0.3) is 11.0 Å². The molecule has 1 aromatic heterocycles. The van der Waals surface area contributed by atoms with Crippen molar-refractivity contribution in [3.05, 3.63) is 59.9 Å². The predicted molar refractivity (Wildman–Crippen MR) is 95.2 cm³/mol. The number of aromatic nitrogens is 2. The number of imidazole rings is 1. The molecular formula is C18H21N3O2S. The van der Waals surface area contributed by atoms with Crippen LogP contribution in [0.15, 0.2) is 53.4 Å². The molecular weight excluding hydrogens is 322 g/mol. The minimum atomic E-state index is -3.62. The van der Waals surface area contributed by atoms with Gasteiger partial charge in [0, 0.05) is 0 Å². The number of sulfonamides is 1. The highest BCUT2D eigenvalue weighted by Gasteiger charge is 2.26. The molecule has 0 unspecified atom stereocenters. The fourth-order valence-corrected chi connectivity index (χ4v) is 3.93. The number of benzene rings is 2. The lowest BCUT2D eigenvalue weighted by molar-refractivity contribution is 0.447. The van der Waals surface area contributed by atoms with E-state index in [9.17, 15) is 8.42 Å². The van der Waals surface area contributed by atoms with Crippen molar-refractivity contribution in [2.45, 2.75) is 31.7 Å². The Balaban J connectivity index is 1.95. The molecule has 0 saturated heterocycles. The van der Waals surface area contributed by atoms with Crippen molar-refractivity contribution < 1.29 is 8.42 Å².